The minimum absolute atomic E-state index is 0.272. The zero-order chi connectivity index (χ0) is 19.6. The first-order valence-electron chi connectivity index (χ1n) is 9.71. The van der Waals surface area contributed by atoms with Crippen LogP contribution >= 0.6 is 0 Å². The summed E-state index contributed by atoms with van der Waals surface area (Å²) in [7, 11) is 0. The summed E-state index contributed by atoms with van der Waals surface area (Å²) < 4.78 is 17.1. The SMILES string of the molecule is O[C@@H](c1ccncc1)c1ccc2c(c1)CN(Cc1cccc3c1OCO3)CCO2. The van der Waals surface area contributed by atoms with Crippen LogP contribution in [0, 0.1) is 0 Å². The molecule has 0 saturated heterocycles. The fourth-order valence-electron chi connectivity index (χ4n) is 3.87. The number of pyridine rings is 1. The van der Waals surface area contributed by atoms with Crippen LogP contribution in [0.3, 0.4) is 0 Å². The van der Waals surface area contributed by atoms with Gasteiger partial charge in [-0.3, -0.25) is 9.88 Å². The van der Waals surface area contributed by atoms with Crippen LogP contribution in [0.25, 0.3) is 0 Å². The molecule has 0 bridgehead atoms. The smallest absolute Gasteiger partial charge is 0.231 e. The number of hydrogen-bond acceptors (Lipinski definition) is 6. The van der Waals surface area contributed by atoms with Crippen molar-refractivity contribution in [2.24, 2.45) is 0 Å². The van der Waals surface area contributed by atoms with E-state index >= 15 is 0 Å². The summed E-state index contributed by atoms with van der Waals surface area (Å²) in [6.07, 6.45) is 2.69. The van der Waals surface area contributed by atoms with Gasteiger partial charge in [0.15, 0.2) is 11.5 Å². The van der Waals surface area contributed by atoms with Crippen molar-refractivity contribution in [3.8, 4) is 17.2 Å². The van der Waals surface area contributed by atoms with Crippen LogP contribution in [-0.2, 0) is 13.1 Å². The molecule has 1 N–H and O–H groups in total. The van der Waals surface area contributed by atoms with Crippen LogP contribution in [0.15, 0.2) is 60.9 Å². The zero-order valence-corrected chi connectivity index (χ0v) is 16.0. The van der Waals surface area contributed by atoms with Crippen molar-refractivity contribution >= 4 is 0 Å². The van der Waals surface area contributed by atoms with Crippen molar-refractivity contribution in [3.63, 3.8) is 0 Å². The van der Waals surface area contributed by atoms with E-state index in [0.29, 0.717) is 6.61 Å². The van der Waals surface area contributed by atoms with E-state index in [4.69, 9.17) is 14.2 Å². The molecule has 0 spiro atoms. The average molecular weight is 390 g/mol. The second kappa shape index (κ2) is 7.73. The Bertz CT molecular complexity index is 1010. The topological polar surface area (TPSA) is 64.1 Å². The van der Waals surface area contributed by atoms with E-state index in [1.54, 1.807) is 12.4 Å². The summed E-state index contributed by atoms with van der Waals surface area (Å²) in [5.74, 6) is 2.51. The Balaban J connectivity index is 1.39. The Morgan fingerprint density at radius 1 is 0.966 bits per heavy atom. The Kier molecular flexibility index (Phi) is 4.79. The number of aromatic nitrogens is 1. The average Bonchev–Trinajstić information content (AvgIpc) is 3.16. The van der Waals surface area contributed by atoms with Gasteiger partial charge in [-0.1, -0.05) is 18.2 Å². The summed E-state index contributed by atoms with van der Waals surface area (Å²) in [4.78, 5) is 6.35. The molecule has 3 heterocycles. The quantitative estimate of drug-likeness (QED) is 0.738. The molecule has 5 rings (SSSR count). The zero-order valence-electron chi connectivity index (χ0n) is 16.0. The first-order valence-corrected chi connectivity index (χ1v) is 9.71. The molecule has 0 radical (unpaired) electrons. The van der Waals surface area contributed by atoms with E-state index in [1.165, 1.54) is 0 Å². The molecule has 2 aliphatic heterocycles. The second-order valence-electron chi connectivity index (χ2n) is 7.26. The number of hydrogen-bond donors (Lipinski definition) is 1. The number of para-hydroxylation sites is 1. The highest BCUT2D eigenvalue weighted by atomic mass is 16.7. The maximum Gasteiger partial charge on any atom is 0.231 e. The lowest BCUT2D eigenvalue weighted by atomic mass is 10.00. The van der Waals surface area contributed by atoms with E-state index in [1.807, 2.05) is 42.5 Å². The predicted octanol–water partition coefficient (Wildman–Crippen LogP) is 3.29. The molecular weight excluding hydrogens is 368 g/mol. The number of aliphatic hydroxyl groups is 1. The molecule has 29 heavy (non-hydrogen) atoms. The minimum Gasteiger partial charge on any atom is -0.492 e. The maximum atomic E-state index is 10.8. The molecule has 148 valence electrons. The summed E-state index contributed by atoms with van der Waals surface area (Å²) in [6.45, 7) is 3.17. The number of benzene rings is 2. The first-order chi connectivity index (χ1) is 14.3. The van der Waals surface area contributed by atoms with Gasteiger partial charge in [-0.2, -0.15) is 0 Å². The van der Waals surface area contributed by atoms with Gasteiger partial charge in [0.25, 0.3) is 0 Å². The summed E-state index contributed by atoms with van der Waals surface area (Å²) >= 11 is 0. The molecule has 1 atom stereocenters. The lowest BCUT2D eigenvalue weighted by Gasteiger charge is -2.20. The van der Waals surface area contributed by atoms with E-state index in [9.17, 15) is 5.11 Å². The van der Waals surface area contributed by atoms with Crippen molar-refractivity contribution in [3.05, 3.63) is 83.2 Å². The lowest BCUT2D eigenvalue weighted by Crippen LogP contribution is -2.25. The van der Waals surface area contributed by atoms with Gasteiger partial charge in [0.1, 0.15) is 18.5 Å². The van der Waals surface area contributed by atoms with Gasteiger partial charge >= 0.3 is 0 Å². The Morgan fingerprint density at radius 3 is 2.76 bits per heavy atom. The molecular formula is C23H22N2O4. The number of fused-ring (bicyclic) bond motifs is 2. The maximum absolute atomic E-state index is 10.8. The molecule has 3 aromatic rings. The molecule has 0 aliphatic carbocycles. The Labute approximate surface area is 169 Å². The van der Waals surface area contributed by atoms with Gasteiger partial charge in [0, 0.05) is 43.2 Å². The molecule has 6 heteroatoms. The fourth-order valence-corrected chi connectivity index (χ4v) is 3.87. The van der Waals surface area contributed by atoms with Gasteiger partial charge in [-0.25, -0.2) is 0 Å². The molecule has 2 aliphatic rings. The highest BCUT2D eigenvalue weighted by Gasteiger charge is 2.22. The standard InChI is InChI=1S/C23H22N2O4/c26-22(16-6-8-24-9-7-16)17-4-5-20-19(12-17)14-25(10-11-27-20)13-18-2-1-3-21-23(18)29-15-28-21/h1-9,12,22,26H,10-11,13-15H2/t22-/m0/s1. The largest absolute Gasteiger partial charge is 0.492 e. The van der Waals surface area contributed by atoms with Crippen LogP contribution in [-0.4, -0.2) is 34.9 Å². The Morgan fingerprint density at radius 2 is 1.86 bits per heavy atom. The van der Waals surface area contributed by atoms with Gasteiger partial charge in [0.05, 0.1) is 0 Å². The monoisotopic (exact) mass is 390 g/mol. The third-order valence-electron chi connectivity index (χ3n) is 5.35. The van der Waals surface area contributed by atoms with Crippen LogP contribution in [0.5, 0.6) is 17.2 Å². The van der Waals surface area contributed by atoms with E-state index in [0.717, 1.165) is 59.1 Å². The van der Waals surface area contributed by atoms with E-state index < -0.39 is 6.10 Å². The number of ether oxygens (including phenoxy) is 3. The number of rotatable bonds is 4. The minimum atomic E-state index is -0.692. The van der Waals surface area contributed by atoms with Crippen LogP contribution in [0.1, 0.15) is 28.4 Å². The van der Waals surface area contributed by atoms with Gasteiger partial charge in [-0.05, 0) is 41.5 Å². The van der Waals surface area contributed by atoms with Crippen molar-refractivity contribution in [1.29, 1.82) is 0 Å². The molecule has 6 nitrogen and oxygen atoms in total. The van der Waals surface area contributed by atoms with Crippen molar-refractivity contribution in [2.75, 3.05) is 19.9 Å². The molecule has 0 unspecified atom stereocenters. The fraction of sp³-hybridized carbons (Fsp3) is 0.261. The third-order valence-corrected chi connectivity index (χ3v) is 5.35. The highest BCUT2D eigenvalue weighted by molar-refractivity contribution is 5.48. The van der Waals surface area contributed by atoms with Gasteiger partial charge in [-0.15, -0.1) is 0 Å². The first kappa shape index (κ1) is 18.0. The normalized spacial score (nSPS) is 16.6. The summed E-state index contributed by atoms with van der Waals surface area (Å²) in [5, 5.41) is 10.8. The predicted molar refractivity (Wildman–Crippen MR) is 107 cm³/mol. The van der Waals surface area contributed by atoms with Gasteiger partial charge < -0.3 is 19.3 Å². The third kappa shape index (κ3) is 3.64. The lowest BCUT2D eigenvalue weighted by molar-refractivity contribution is 0.170. The second-order valence-corrected chi connectivity index (χ2v) is 7.26. The van der Waals surface area contributed by atoms with Crippen molar-refractivity contribution < 1.29 is 19.3 Å². The molecule has 2 aromatic carbocycles. The van der Waals surface area contributed by atoms with E-state index in [2.05, 4.69) is 16.0 Å². The number of nitrogens with zero attached hydrogens (tertiary/aromatic N) is 2. The van der Waals surface area contributed by atoms with Crippen LogP contribution in [0.2, 0.25) is 0 Å². The van der Waals surface area contributed by atoms with Crippen molar-refractivity contribution in [2.45, 2.75) is 19.2 Å². The van der Waals surface area contributed by atoms with Crippen molar-refractivity contribution in [1.82, 2.24) is 9.88 Å². The molecule has 0 fully saturated rings. The molecule has 1 aromatic heterocycles. The number of aliphatic hydroxyl groups excluding tert-OH is 1. The Hall–Kier alpha value is -3.09. The molecule has 0 saturated carbocycles. The van der Waals surface area contributed by atoms with E-state index in [-0.39, 0.29) is 6.79 Å². The molecule has 0 amide bonds. The van der Waals surface area contributed by atoms with Gasteiger partial charge in [0.2, 0.25) is 6.79 Å². The van der Waals surface area contributed by atoms with Crippen LogP contribution in [0.4, 0.5) is 0 Å². The highest BCUT2D eigenvalue weighted by Crippen LogP contribution is 2.37. The van der Waals surface area contributed by atoms with Crippen LogP contribution < -0.4 is 14.2 Å². The summed E-state index contributed by atoms with van der Waals surface area (Å²) in [5.41, 5.74) is 3.84. The summed E-state index contributed by atoms with van der Waals surface area (Å²) in [6, 6.07) is 15.6.